The second kappa shape index (κ2) is 6.29. The molecule has 1 atom stereocenters. The van der Waals surface area contributed by atoms with E-state index in [2.05, 4.69) is 23.4 Å². The van der Waals surface area contributed by atoms with Gasteiger partial charge in [0.05, 0.1) is 10.5 Å². The fraction of sp³-hybridized carbons (Fsp3) is 0.438. The molecular formula is C16H17N5O3S. The molecule has 25 heavy (non-hydrogen) atoms. The molecule has 0 saturated carbocycles. The van der Waals surface area contributed by atoms with Gasteiger partial charge in [0.25, 0.3) is 5.91 Å². The standard InChI is InChI=1S/C16H17N5O3S/c1-8-4-5-10-11(7-17)16(25-12(10)6-8)18-15(22)13-14(21(23)24)9(2)20(3)19-13/h8H,4-6H2,1-3H3,(H,18,22)/t8-/m1/s1. The third kappa shape index (κ3) is 2.89. The van der Waals surface area contributed by atoms with Crippen molar-refractivity contribution in [2.45, 2.75) is 33.1 Å². The summed E-state index contributed by atoms with van der Waals surface area (Å²) in [6.07, 6.45) is 2.71. The second-order valence-corrected chi connectivity index (χ2v) is 7.39. The first-order valence-corrected chi connectivity index (χ1v) is 8.69. The maximum Gasteiger partial charge on any atom is 0.322 e. The molecule has 0 fully saturated rings. The van der Waals surface area contributed by atoms with Crippen molar-refractivity contribution in [3.63, 3.8) is 0 Å². The summed E-state index contributed by atoms with van der Waals surface area (Å²) in [5.74, 6) is -0.126. The molecular weight excluding hydrogens is 342 g/mol. The van der Waals surface area contributed by atoms with Crippen LogP contribution in [0, 0.1) is 34.3 Å². The smallest absolute Gasteiger partial charge is 0.311 e. The van der Waals surface area contributed by atoms with Crippen molar-refractivity contribution in [3.8, 4) is 6.07 Å². The molecule has 1 aliphatic rings. The van der Waals surface area contributed by atoms with Gasteiger partial charge in [-0.3, -0.25) is 19.6 Å². The van der Waals surface area contributed by atoms with Crippen molar-refractivity contribution in [1.29, 1.82) is 5.26 Å². The van der Waals surface area contributed by atoms with Crippen LogP contribution in [0.15, 0.2) is 0 Å². The Morgan fingerprint density at radius 2 is 2.28 bits per heavy atom. The average molecular weight is 359 g/mol. The SMILES string of the molecule is Cc1c([N+](=O)[O-])c(C(=O)Nc2sc3c(c2C#N)CC[C@@H](C)C3)nn1C. The van der Waals surface area contributed by atoms with Gasteiger partial charge in [0, 0.05) is 11.9 Å². The number of carbonyl (C=O) groups is 1. The number of carbonyl (C=O) groups excluding carboxylic acids is 1. The number of nitrogens with zero attached hydrogens (tertiary/aromatic N) is 4. The Morgan fingerprint density at radius 1 is 1.56 bits per heavy atom. The topological polar surface area (TPSA) is 114 Å². The third-order valence-corrected chi connectivity index (χ3v) is 5.72. The van der Waals surface area contributed by atoms with Crippen LogP contribution < -0.4 is 5.32 Å². The Bertz CT molecular complexity index is 921. The Hall–Kier alpha value is -2.73. The van der Waals surface area contributed by atoms with Gasteiger partial charge in [-0.25, -0.2) is 0 Å². The molecule has 2 aromatic heterocycles. The number of nitrogens with one attached hydrogen (secondary N) is 1. The Balaban J connectivity index is 1.97. The number of aryl methyl sites for hydroxylation is 1. The van der Waals surface area contributed by atoms with Gasteiger partial charge in [-0.15, -0.1) is 11.3 Å². The van der Waals surface area contributed by atoms with Gasteiger partial charge >= 0.3 is 5.69 Å². The summed E-state index contributed by atoms with van der Waals surface area (Å²) in [7, 11) is 1.55. The number of fused-ring (bicyclic) bond motifs is 1. The molecule has 2 aromatic rings. The predicted molar refractivity (Wildman–Crippen MR) is 92.8 cm³/mol. The zero-order valence-electron chi connectivity index (χ0n) is 14.1. The number of nitriles is 1. The molecule has 2 heterocycles. The highest BCUT2D eigenvalue weighted by atomic mass is 32.1. The van der Waals surface area contributed by atoms with Gasteiger partial charge in [0.15, 0.2) is 0 Å². The van der Waals surface area contributed by atoms with Crippen LogP contribution in [-0.2, 0) is 19.9 Å². The molecule has 0 aromatic carbocycles. The lowest BCUT2D eigenvalue weighted by Crippen LogP contribution is -2.14. The lowest BCUT2D eigenvalue weighted by Gasteiger charge is -2.17. The molecule has 0 radical (unpaired) electrons. The molecule has 0 unspecified atom stereocenters. The van der Waals surface area contributed by atoms with Crippen molar-refractivity contribution in [1.82, 2.24) is 9.78 Å². The number of hydrogen-bond acceptors (Lipinski definition) is 6. The summed E-state index contributed by atoms with van der Waals surface area (Å²) >= 11 is 1.38. The van der Waals surface area contributed by atoms with Crippen LogP contribution in [0.2, 0.25) is 0 Å². The van der Waals surface area contributed by atoms with Crippen molar-refractivity contribution < 1.29 is 9.72 Å². The van der Waals surface area contributed by atoms with Crippen LogP contribution in [0.25, 0.3) is 0 Å². The Kier molecular flexibility index (Phi) is 4.30. The lowest BCUT2D eigenvalue weighted by molar-refractivity contribution is -0.385. The maximum absolute atomic E-state index is 12.6. The normalized spacial score (nSPS) is 16.2. The van der Waals surface area contributed by atoms with E-state index in [0.29, 0.717) is 22.2 Å². The largest absolute Gasteiger partial charge is 0.322 e. The summed E-state index contributed by atoms with van der Waals surface area (Å²) < 4.78 is 1.30. The fourth-order valence-electron chi connectivity index (χ4n) is 3.09. The van der Waals surface area contributed by atoms with Crippen molar-refractivity contribution in [2.75, 3.05) is 5.32 Å². The van der Waals surface area contributed by atoms with Crippen LogP contribution in [0.3, 0.4) is 0 Å². The van der Waals surface area contributed by atoms with E-state index in [4.69, 9.17) is 0 Å². The lowest BCUT2D eigenvalue weighted by atomic mass is 9.89. The summed E-state index contributed by atoms with van der Waals surface area (Å²) in [6.45, 7) is 3.70. The molecule has 0 saturated heterocycles. The van der Waals surface area contributed by atoms with E-state index in [0.717, 1.165) is 29.7 Å². The summed E-state index contributed by atoms with van der Waals surface area (Å²) in [4.78, 5) is 24.3. The number of hydrogen-bond donors (Lipinski definition) is 1. The van der Waals surface area contributed by atoms with Crippen molar-refractivity contribution >= 4 is 27.9 Å². The fourth-order valence-corrected chi connectivity index (χ4v) is 4.44. The highest BCUT2D eigenvalue weighted by Gasteiger charge is 2.31. The first-order valence-electron chi connectivity index (χ1n) is 7.87. The minimum Gasteiger partial charge on any atom is -0.311 e. The maximum atomic E-state index is 12.6. The highest BCUT2D eigenvalue weighted by molar-refractivity contribution is 7.16. The Morgan fingerprint density at radius 3 is 2.92 bits per heavy atom. The molecule has 1 amide bonds. The number of aromatic nitrogens is 2. The van der Waals surface area contributed by atoms with Crippen LogP contribution in [0.5, 0.6) is 0 Å². The minimum absolute atomic E-state index is 0.242. The molecule has 0 spiro atoms. The zero-order chi connectivity index (χ0) is 18.3. The van der Waals surface area contributed by atoms with Gasteiger partial charge in [-0.2, -0.15) is 10.4 Å². The minimum atomic E-state index is -0.668. The molecule has 0 aliphatic heterocycles. The van der Waals surface area contributed by atoms with Gasteiger partial charge in [-0.05, 0) is 37.7 Å². The van der Waals surface area contributed by atoms with Gasteiger partial charge in [0.2, 0.25) is 5.69 Å². The third-order valence-electron chi connectivity index (χ3n) is 4.55. The first-order chi connectivity index (χ1) is 11.8. The molecule has 1 aliphatic carbocycles. The van der Waals surface area contributed by atoms with E-state index in [-0.39, 0.29) is 11.4 Å². The van der Waals surface area contributed by atoms with E-state index in [1.54, 1.807) is 7.05 Å². The van der Waals surface area contributed by atoms with E-state index < -0.39 is 10.8 Å². The average Bonchev–Trinajstić information content (AvgIpc) is 3.04. The second-order valence-electron chi connectivity index (χ2n) is 6.29. The molecule has 130 valence electrons. The number of anilines is 1. The molecule has 8 nitrogen and oxygen atoms in total. The van der Waals surface area contributed by atoms with Gasteiger partial charge in [-0.1, -0.05) is 6.92 Å². The summed E-state index contributed by atoms with van der Waals surface area (Å²) in [6, 6.07) is 2.17. The van der Waals surface area contributed by atoms with Crippen LogP contribution in [0.1, 0.15) is 45.5 Å². The number of nitro groups is 1. The van der Waals surface area contributed by atoms with Crippen molar-refractivity contribution in [3.05, 3.63) is 37.5 Å². The summed E-state index contributed by atoms with van der Waals surface area (Å²) in [5, 5.41) is 27.8. The van der Waals surface area contributed by atoms with E-state index in [1.807, 2.05) is 0 Å². The Labute approximate surface area is 148 Å². The van der Waals surface area contributed by atoms with Crippen LogP contribution in [0.4, 0.5) is 10.7 Å². The van der Waals surface area contributed by atoms with E-state index in [1.165, 1.54) is 22.9 Å². The molecule has 1 N–H and O–H groups in total. The quantitative estimate of drug-likeness (QED) is 0.668. The zero-order valence-corrected chi connectivity index (χ0v) is 14.9. The molecule has 9 heteroatoms. The van der Waals surface area contributed by atoms with Crippen LogP contribution in [-0.4, -0.2) is 20.6 Å². The van der Waals surface area contributed by atoms with Crippen LogP contribution >= 0.6 is 11.3 Å². The summed E-state index contributed by atoms with van der Waals surface area (Å²) in [5.41, 5.74) is 1.21. The van der Waals surface area contributed by atoms with Gasteiger partial charge < -0.3 is 5.32 Å². The van der Waals surface area contributed by atoms with E-state index >= 15 is 0 Å². The highest BCUT2D eigenvalue weighted by Crippen LogP contribution is 2.39. The predicted octanol–water partition coefficient (Wildman–Crippen LogP) is 2.95. The molecule has 0 bridgehead atoms. The number of amides is 1. The first kappa shape index (κ1) is 17.1. The van der Waals surface area contributed by atoms with E-state index in [9.17, 15) is 20.2 Å². The monoisotopic (exact) mass is 359 g/mol. The number of rotatable bonds is 3. The van der Waals surface area contributed by atoms with Crippen molar-refractivity contribution in [2.24, 2.45) is 13.0 Å². The number of thiophene rings is 1. The van der Waals surface area contributed by atoms with Gasteiger partial charge in [0.1, 0.15) is 16.8 Å². The molecule has 3 rings (SSSR count).